The summed E-state index contributed by atoms with van der Waals surface area (Å²) >= 11 is 0. The molecule has 0 N–H and O–H groups in total. The maximum absolute atomic E-state index is 6.79. The number of ether oxygens (including phenoxy) is 6. The molecule has 0 saturated carbocycles. The van der Waals surface area contributed by atoms with E-state index in [9.17, 15) is 0 Å². The quantitative estimate of drug-likeness (QED) is 0.0197. The van der Waals surface area contributed by atoms with Crippen molar-refractivity contribution in [1.29, 1.82) is 0 Å². The molecule has 0 fully saturated rings. The van der Waals surface area contributed by atoms with Gasteiger partial charge in [-0.1, -0.05) is 307 Å². The fourth-order valence-corrected chi connectivity index (χ4v) is 20.4. The molecule has 9 aromatic heterocycles. The second-order valence-electron chi connectivity index (χ2n) is 39.7. The zero-order valence-corrected chi connectivity index (χ0v) is 85.3. The first kappa shape index (κ1) is 99.0. The number of hydrogen-bond donors (Lipinski definition) is 0. The monoisotopic (exact) mass is 1920 g/mol. The molecule has 19 aromatic rings. The van der Waals surface area contributed by atoms with E-state index in [4.69, 9.17) is 88.2 Å². The zero-order chi connectivity index (χ0) is 98.1. The van der Waals surface area contributed by atoms with Crippen molar-refractivity contribution in [3.8, 4) is 69.8 Å². The Kier molecular flexibility index (Phi) is 33.7. The molecule has 9 heterocycles. The average molecular weight is 1920 g/mol. The lowest BCUT2D eigenvalue weighted by molar-refractivity contribution is 0.463. The molecule has 0 bridgehead atoms. The third-order valence-corrected chi connectivity index (χ3v) is 28.6. The van der Waals surface area contributed by atoms with Gasteiger partial charge in [0.25, 0.3) is 0 Å². The summed E-state index contributed by atoms with van der Waals surface area (Å²) in [6, 6.07) is 74.0. The van der Waals surface area contributed by atoms with Gasteiger partial charge in [0.1, 0.15) is 101 Å². The summed E-state index contributed by atoms with van der Waals surface area (Å²) < 4.78 is 40.7. The number of aromatic nitrogens is 12. The summed E-state index contributed by atoms with van der Waals surface area (Å²) in [6.07, 6.45) is 50.5. The lowest BCUT2D eigenvalue weighted by Gasteiger charge is -2.16. The lowest BCUT2D eigenvalue weighted by Crippen LogP contribution is -2.02. The molecule has 19 rings (SSSR count). The molecule has 0 saturated heterocycles. The first-order valence-corrected chi connectivity index (χ1v) is 54.6. The normalized spacial score (nSPS) is 11.9. The van der Waals surface area contributed by atoms with Crippen molar-refractivity contribution in [2.75, 3.05) is 0 Å². The van der Waals surface area contributed by atoms with E-state index < -0.39 is 0 Å². The van der Waals surface area contributed by atoms with E-state index in [1.165, 1.54) is 226 Å². The Morgan fingerprint density at radius 1 is 0.125 bits per heavy atom. The van der Waals surface area contributed by atoms with Gasteiger partial charge >= 0.3 is 0 Å². The third-order valence-electron chi connectivity index (χ3n) is 28.6. The van der Waals surface area contributed by atoms with E-state index in [1.54, 1.807) is 0 Å². The smallest absolute Gasteiger partial charge is 0.219 e. The van der Waals surface area contributed by atoms with Crippen LogP contribution in [-0.4, -0.2) is 59.8 Å². The molecule has 0 aliphatic carbocycles. The maximum Gasteiger partial charge on any atom is 0.219 e. The van der Waals surface area contributed by atoms with Crippen molar-refractivity contribution < 1.29 is 28.4 Å². The van der Waals surface area contributed by atoms with Crippen LogP contribution in [0.4, 0.5) is 0 Å². The first-order chi connectivity index (χ1) is 71.1. The Bertz CT molecular complexity index is 6410. The Hall–Kier alpha value is -13.7. The lowest BCUT2D eigenvalue weighted by atomic mass is 10.0. The SMILES string of the molecule is CCCCCCCCc1ccc(Oc2ccc3c(n2)c2nc(Oc4ccc(CCCCCCCC)cc4)ccc2c2nc4c(nc32)c2nc3c5ccc(Oc6ccc(CCCCCCCC)cc6)nc5c5nc(Oc6ccc(CCCCCCCC)cc6)ccc5c3nc2c2nc3c5ccc(Oc6ccc(CCCCCCCC)cc6)nc5c5nc(Oc6ccc(CCCCCCCC)cc6)ccc5c3nc42)cc1. The highest BCUT2D eigenvalue weighted by atomic mass is 16.5. The minimum absolute atomic E-state index is 0.382. The van der Waals surface area contributed by atoms with Crippen molar-refractivity contribution in [3.63, 3.8) is 0 Å². The second kappa shape index (κ2) is 49.0. The van der Waals surface area contributed by atoms with Crippen LogP contribution in [0.2, 0.25) is 0 Å². The molecule has 0 spiro atoms. The number of aryl methyl sites for hydroxylation is 6. The van der Waals surface area contributed by atoms with Gasteiger partial charge in [-0.15, -0.1) is 0 Å². The number of fused-ring (bicyclic) bond motifs is 24. The summed E-state index contributed by atoms with van der Waals surface area (Å²) in [4.78, 5) is 68.3. The highest BCUT2D eigenvalue weighted by Crippen LogP contribution is 2.45. The van der Waals surface area contributed by atoms with Crippen LogP contribution < -0.4 is 28.4 Å². The highest BCUT2D eigenvalue weighted by Gasteiger charge is 2.28. The summed E-state index contributed by atoms with van der Waals surface area (Å²) in [6.45, 7) is 13.6. The van der Waals surface area contributed by atoms with Gasteiger partial charge in [0, 0.05) is 68.7 Å². The number of rotatable bonds is 54. The minimum Gasteiger partial charge on any atom is -0.439 e. The number of pyridine rings is 6. The predicted octanol–water partition coefficient (Wildman–Crippen LogP) is 36.4. The Balaban J connectivity index is 0.803. The standard InChI is InChI=1S/C126H138N12O6/c1-7-13-19-25-31-37-43-85-49-61-91(62-50-85)139-103-79-73-97-109(127-103)110-98(74-80-104(128-110)140-92-63-51-86(52-64-92)44-38-32-26-20-14-8-2)116-115(97)133-121-122(134-116)124-126(138-120-102-78-84-108(144-96-71-59-90(60-72-96)48-42-36-30-24-18-12-6)132-114(102)113-101(119(120)136-124)77-83-107(131-113)143-95-69-57-89(58-70-95)47-41-35-29-23-17-11-5)125-123(121)135-117-99-75-81-105(141-93-65-53-87(54-66-93)45-39-33-27-21-15-9-3)129-111(99)112-100(118(117)137-125)76-82-106(130-112)142-94-67-55-88(56-68-94)46-40-34-28-22-16-10-4/h49-84H,7-48H2,1-6H3. The third kappa shape index (κ3) is 24.3. The maximum atomic E-state index is 6.79. The molecule has 0 aliphatic rings. The van der Waals surface area contributed by atoms with Crippen LogP contribution in [0.1, 0.15) is 306 Å². The van der Waals surface area contributed by atoms with Crippen LogP contribution in [-0.2, 0) is 38.5 Å². The molecule has 144 heavy (non-hydrogen) atoms. The van der Waals surface area contributed by atoms with Gasteiger partial charge in [-0.2, -0.15) is 0 Å². The van der Waals surface area contributed by atoms with Gasteiger partial charge in [-0.25, -0.2) is 59.8 Å². The highest BCUT2D eigenvalue weighted by molar-refractivity contribution is 6.30. The van der Waals surface area contributed by atoms with E-state index in [0.717, 1.165) is 77.0 Å². The van der Waals surface area contributed by atoms with Gasteiger partial charge in [0.05, 0.1) is 33.1 Å². The fourth-order valence-electron chi connectivity index (χ4n) is 20.4. The molecular formula is C126H138N12O6. The molecule has 0 radical (unpaired) electrons. The van der Waals surface area contributed by atoms with Gasteiger partial charge in [-0.3, -0.25) is 0 Å². The summed E-state index contributed by atoms with van der Waals surface area (Å²) in [7, 11) is 0. The Labute approximate surface area is 847 Å². The van der Waals surface area contributed by atoms with Crippen LogP contribution in [0.5, 0.6) is 69.8 Å². The molecule has 10 aromatic carbocycles. The van der Waals surface area contributed by atoms with E-state index in [2.05, 4.69) is 114 Å². The van der Waals surface area contributed by atoms with Crippen molar-refractivity contribution in [2.24, 2.45) is 0 Å². The van der Waals surface area contributed by atoms with Crippen LogP contribution >= 0.6 is 0 Å². The molecule has 18 heteroatoms. The molecule has 0 amide bonds. The predicted molar refractivity (Wildman–Crippen MR) is 592 cm³/mol. The second-order valence-corrected chi connectivity index (χ2v) is 39.7. The van der Waals surface area contributed by atoms with Gasteiger partial charge in [0.2, 0.25) is 35.3 Å². The topological polar surface area (TPSA) is 210 Å². The number of nitrogens with zero attached hydrogens (tertiary/aromatic N) is 12. The van der Waals surface area contributed by atoms with E-state index >= 15 is 0 Å². The van der Waals surface area contributed by atoms with Crippen molar-refractivity contribution >= 4 is 132 Å². The molecule has 18 nitrogen and oxygen atoms in total. The minimum atomic E-state index is 0.382. The number of benzene rings is 10. The summed E-state index contributed by atoms with van der Waals surface area (Å²) in [5, 5.41) is 4.00. The fraction of sp³-hybridized carbons (Fsp3) is 0.381. The zero-order valence-electron chi connectivity index (χ0n) is 85.3. The van der Waals surface area contributed by atoms with Gasteiger partial charge in [0.15, 0.2) is 0 Å². The molecular weight excluding hydrogens is 1780 g/mol. The van der Waals surface area contributed by atoms with E-state index in [1.807, 2.05) is 146 Å². The van der Waals surface area contributed by atoms with Crippen LogP contribution in [0.25, 0.3) is 132 Å². The Morgan fingerprint density at radius 3 is 0.389 bits per heavy atom. The number of unbranched alkanes of at least 4 members (excludes halogenated alkanes) is 30. The van der Waals surface area contributed by atoms with Crippen molar-refractivity contribution in [2.45, 2.75) is 311 Å². The van der Waals surface area contributed by atoms with Crippen molar-refractivity contribution in [3.05, 3.63) is 252 Å². The van der Waals surface area contributed by atoms with Gasteiger partial charge < -0.3 is 28.4 Å². The summed E-state index contributed by atoms with van der Waals surface area (Å²) in [5.41, 5.74) is 16.6. The van der Waals surface area contributed by atoms with E-state index in [-0.39, 0.29) is 0 Å². The molecule has 0 unspecified atom stereocenters. The largest absolute Gasteiger partial charge is 0.439 e. The van der Waals surface area contributed by atoms with Crippen molar-refractivity contribution in [1.82, 2.24) is 59.8 Å². The van der Waals surface area contributed by atoms with Crippen LogP contribution in [0.3, 0.4) is 0 Å². The average Bonchev–Trinajstić information content (AvgIpc) is 0.691. The Morgan fingerprint density at radius 2 is 0.250 bits per heavy atom. The molecule has 0 aliphatic heterocycles. The summed E-state index contributed by atoms with van der Waals surface area (Å²) in [5.74, 6) is 6.30. The van der Waals surface area contributed by atoms with E-state index in [0.29, 0.717) is 201 Å². The van der Waals surface area contributed by atoms with Crippen LogP contribution in [0.15, 0.2) is 218 Å². The molecule has 0 atom stereocenters. The first-order valence-electron chi connectivity index (χ1n) is 54.6. The van der Waals surface area contributed by atoms with Crippen LogP contribution in [0, 0.1) is 0 Å². The number of hydrogen-bond acceptors (Lipinski definition) is 18. The molecule has 738 valence electrons. The van der Waals surface area contributed by atoms with Gasteiger partial charge in [-0.05, 0) is 220 Å².